The maximum Gasteiger partial charge on any atom is 0.280 e. The predicted molar refractivity (Wildman–Crippen MR) is 103 cm³/mol. The van der Waals surface area contributed by atoms with Crippen LogP contribution in [0.2, 0.25) is 0 Å². The highest BCUT2D eigenvalue weighted by molar-refractivity contribution is 5.70. The summed E-state index contributed by atoms with van der Waals surface area (Å²) in [6.07, 6.45) is 10.1. The first-order chi connectivity index (χ1) is 14.2. The summed E-state index contributed by atoms with van der Waals surface area (Å²) in [6, 6.07) is 4.05. The fraction of sp³-hybridized carbons (Fsp3) is 0.300. The molecule has 9 heteroatoms. The number of allylic oxidation sites excluding steroid dienone is 2. The molecule has 0 N–H and O–H groups in total. The van der Waals surface area contributed by atoms with Gasteiger partial charge < -0.3 is 9.09 Å². The van der Waals surface area contributed by atoms with Crippen molar-refractivity contribution in [3.05, 3.63) is 70.9 Å². The normalized spacial score (nSPS) is 22.7. The van der Waals surface area contributed by atoms with Gasteiger partial charge in [-0.15, -0.1) is 0 Å². The minimum Gasteiger partial charge on any atom is -0.337 e. The van der Waals surface area contributed by atoms with Gasteiger partial charge in [0.1, 0.15) is 12.9 Å². The predicted octanol–water partition coefficient (Wildman–Crippen LogP) is 1.77. The summed E-state index contributed by atoms with van der Waals surface area (Å²) >= 11 is 0. The molecule has 1 fully saturated rings. The molecule has 1 saturated carbocycles. The minimum absolute atomic E-state index is 0.179. The molecule has 0 aliphatic heterocycles. The number of imidazole rings is 1. The van der Waals surface area contributed by atoms with Crippen LogP contribution in [0, 0.1) is 11.8 Å². The number of pyridine rings is 1. The van der Waals surface area contributed by atoms with Gasteiger partial charge in [0.15, 0.2) is 17.0 Å². The molecular weight excluding hydrogens is 370 g/mol. The van der Waals surface area contributed by atoms with Crippen LogP contribution in [0.15, 0.2) is 52.6 Å². The number of hydrogen-bond acceptors (Lipinski definition) is 7. The van der Waals surface area contributed by atoms with Crippen LogP contribution in [0.1, 0.15) is 29.6 Å². The lowest BCUT2D eigenvalue weighted by molar-refractivity contribution is 0.364. The highest BCUT2D eigenvalue weighted by Crippen LogP contribution is 2.62. The quantitative estimate of drug-likeness (QED) is 0.525. The van der Waals surface area contributed by atoms with Crippen LogP contribution in [0.5, 0.6) is 0 Å². The average Bonchev–Trinajstić information content (AvgIpc) is 3.16. The lowest BCUT2D eigenvalue weighted by atomic mass is 10.0. The van der Waals surface area contributed by atoms with Crippen LogP contribution >= 0.6 is 0 Å². The molecule has 4 aromatic rings. The molecule has 4 heterocycles. The van der Waals surface area contributed by atoms with E-state index in [-0.39, 0.29) is 12.1 Å². The Morgan fingerprint density at radius 3 is 2.97 bits per heavy atom. The van der Waals surface area contributed by atoms with Gasteiger partial charge in [-0.25, -0.2) is 9.97 Å². The minimum atomic E-state index is -0.179. The average molecular weight is 387 g/mol. The van der Waals surface area contributed by atoms with E-state index in [1.165, 1.54) is 22.0 Å². The molecule has 0 saturated heterocycles. The summed E-state index contributed by atoms with van der Waals surface area (Å²) in [7, 11) is 1.77. The van der Waals surface area contributed by atoms with E-state index < -0.39 is 0 Å². The summed E-state index contributed by atoms with van der Waals surface area (Å²) < 4.78 is 8.56. The first-order valence-corrected chi connectivity index (χ1v) is 9.49. The van der Waals surface area contributed by atoms with Crippen molar-refractivity contribution in [3.8, 4) is 0 Å². The Labute approximate surface area is 164 Å². The maximum absolute atomic E-state index is 12.7. The van der Waals surface area contributed by atoms with Crippen molar-refractivity contribution in [2.45, 2.75) is 18.9 Å². The summed E-state index contributed by atoms with van der Waals surface area (Å²) in [6.45, 7) is 0.193. The molecule has 3 atom stereocenters. The van der Waals surface area contributed by atoms with E-state index in [1.807, 2.05) is 12.3 Å². The van der Waals surface area contributed by atoms with Crippen LogP contribution in [-0.2, 0) is 13.6 Å². The second kappa shape index (κ2) is 5.94. The molecule has 0 radical (unpaired) electrons. The van der Waals surface area contributed by atoms with E-state index in [2.05, 4.69) is 37.2 Å². The molecular formula is C20H17N7O2. The summed E-state index contributed by atoms with van der Waals surface area (Å²) in [5.74, 6) is 2.39. The number of nitrogens with zero attached hydrogens (tertiary/aromatic N) is 7. The van der Waals surface area contributed by atoms with Crippen molar-refractivity contribution in [1.29, 1.82) is 0 Å². The van der Waals surface area contributed by atoms with Crippen molar-refractivity contribution in [2.75, 3.05) is 0 Å². The van der Waals surface area contributed by atoms with Gasteiger partial charge in [0.05, 0.1) is 6.33 Å². The standard InChI is InChI=1S/C20H17N7O2/c1-26-9-22-19-17(26)20(28)27(10-23-19)8-15-24-18(25-29-15)16-13-5-12(6-14(13)16)11-3-2-4-21-7-11/h2-5,7,9-10,13-14,16H,6,8H2,1H3. The van der Waals surface area contributed by atoms with Crippen molar-refractivity contribution in [1.82, 2.24) is 34.2 Å². The van der Waals surface area contributed by atoms with Crippen LogP contribution in [0.4, 0.5) is 0 Å². The van der Waals surface area contributed by atoms with Gasteiger partial charge in [0.25, 0.3) is 5.56 Å². The Kier molecular flexibility index (Phi) is 3.35. The fourth-order valence-corrected chi connectivity index (χ4v) is 4.37. The van der Waals surface area contributed by atoms with Gasteiger partial charge in [-0.2, -0.15) is 4.98 Å². The second-order valence-corrected chi connectivity index (χ2v) is 7.66. The third kappa shape index (κ3) is 2.54. The zero-order valence-corrected chi connectivity index (χ0v) is 15.6. The van der Waals surface area contributed by atoms with E-state index in [4.69, 9.17) is 4.52 Å². The van der Waals surface area contributed by atoms with E-state index in [0.29, 0.717) is 34.8 Å². The SMILES string of the molecule is Cn1cnc2ncn(Cc3nc(C4C5C=C(c6cccnc6)CC54)no3)c(=O)c21. The van der Waals surface area contributed by atoms with Gasteiger partial charge >= 0.3 is 0 Å². The van der Waals surface area contributed by atoms with Crippen molar-refractivity contribution < 1.29 is 4.52 Å². The molecule has 0 amide bonds. The van der Waals surface area contributed by atoms with E-state index in [9.17, 15) is 4.79 Å². The smallest absolute Gasteiger partial charge is 0.280 e. The molecule has 6 rings (SSSR count). The molecule has 9 nitrogen and oxygen atoms in total. The largest absolute Gasteiger partial charge is 0.337 e. The van der Waals surface area contributed by atoms with Gasteiger partial charge in [-0.05, 0) is 35.5 Å². The van der Waals surface area contributed by atoms with E-state index in [0.717, 1.165) is 12.2 Å². The molecule has 144 valence electrons. The fourth-order valence-electron chi connectivity index (χ4n) is 4.37. The number of fused-ring (bicyclic) bond motifs is 2. The van der Waals surface area contributed by atoms with Crippen LogP contribution in [-0.4, -0.2) is 34.2 Å². The van der Waals surface area contributed by atoms with Crippen molar-refractivity contribution >= 4 is 16.7 Å². The lowest BCUT2D eigenvalue weighted by Gasteiger charge is -2.04. The van der Waals surface area contributed by atoms with Gasteiger partial charge in [0.2, 0.25) is 5.89 Å². The molecule has 0 aromatic carbocycles. The second-order valence-electron chi connectivity index (χ2n) is 7.66. The zero-order chi connectivity index (χ0) is 19.5. The molecule has 4 aromatic heterocycles. The third-order valence-electron chi connectivity index (χ3n) is 5.90. The molecule has 29 heavy (non-hydrogen) atoms. The molecule has 2 aliphatic rings. The number of hydrogen-bond donors (Lipinski definition) is 0. The van der Waals surface area contributed by atoms with E-state index >= 15 is 0 Å². The van der Waals surface area contributed by atoms with Crippen molar-refractivity contribution in [3.63, 3.8) is 0 Å². The van der Waals surface area contributed by atoms with Crippen LogP contribution in [0.3, 0.4) is 0 Å². The maximum atomic E-state index is 12.7. The monoisotopic (exact) mass is 387 g/mol. The molecule has 2 aliphatic carbocycles. The number of aromatic nitrogens is 7. The highest BCUT2D eigenvalue weighted by atomic mass is 16.5. The first kappa shape index (κ1) is 16.3. The highest BCUT2D eigenvalue weighted by Gasteiger charge is 2.55. The molecule has 3 unspecified atom stereocenters. The van der Waals surface area contributed by atoms with Gasteiger partial charge in [-0.1, -0.05) is 17.3 Å². The summed E-state index contributed by atoms with van der Waals surface area (Å²) in [4.78, 5) is 29.7. The Balaban J connectivity index is 1.22. The first-order valence-electron chi connectivity index (χ1n) is 9.49. The van der Waals surface area contributed by atoms with Crippen LogP contribution in [0.25, 0.3) is 16.7 Å². The molecule has 0 bridgehead atoms. The Bertz CT molecular complexity index is 1320. The number of rotatable bonds is 4. The summed E-state index contributed by atoms with van der Waals surface area (Å²) in [5, 5.41) is 4.17. The lowest BCUT2D eigenvalue weighted by Crippen LogP contribution is -2.22. The third-order valence-corrected chi connectivity index (χ3v) is 5.90. The molecule has 0 spiro atoms. The van der Waals surface area contributed by atoms with Gasteiger partial charge in [-0.3, -0.25) is 14.3 Å². The number of aryl methyl sites for hydroxylation is 1. The van der Waals surface area contributed by atoms with E-state index in [1.54, 1.807) is 24.1 Å². The zero-order valence-electron chi connectivity index (χ0n) is 15.6. The van der Waals surface area contributed by atoms with Crippen LogP contribution < -0.4 is 5.56 Å². The van der Waals surface area contributed by atoms with Crippen molar-refractivity contribution in [2.24, 2.45) is 18.9 Å². The summed E-state index contributed by atoms with van der Waals surface area (Å²) in [5.41, 5.74) is 3.24. The topological polar surface area (TPSA) is 105 Å². The van der Waals surface area contributed by atoms with Gasteiger partial charge in [0, 0.05) is 25.4 Å². The Morgan fingerprint density at radius 1 is 1.28 bits per heavy atom. The Morgan fingerprint density at radius 2 is 2.17 bits per heavy atom. The Hall–Kier alpha value is -3.62.